The van der Waals surface area contributed by atoms with Crippen molar-refractivity contribution in [3.05, 3.63) is 84.2 Å². The van der Waals surface area contributed by atoms with Gasteiger partial charge < -0.3 is 15.3 Å². The Labute approximate surface area is 158 Å². The highest BCUT2D eigenvalue weighted by atomic mass is 16.3. The van der Waals surface area contributed by atoms with Crippen LogP contribution in [-0.2, 0) is 0 Å². The van der Waals surface area contributed by atoms with Gasteiger partial charge in [-0.05, 0) is 41.0 Å². The topological polar surface area (TPSA) is 65.5 Å². The van der Waals surface area contributed by atoms with Gasteiger partial charge in [0, 0.05) is 31.9 Å². The fourth-order valence-corrected chi connectivity index (χ4v) is 3.38. The Bertz CT molecular complexity index is 926. The highest BCUT2D eigenvalue weighted by Gasteiger charge is 2.26. The first kappa shape index (κ1) is 17.2. The number of hydrogen-bond acceptors (Lipinski definition) is 4. The second-order valence-electron chi connectivity index (χ2n) is 6.65. The number of amides is 1. The average Bonchev–Trinajstić information content (AvgIpc) is 2.74. The summed E-state index contributed by atoms with van der Waals surface area (Å²) in [5, 5.41) is 12.9. The van der Waals surface area contributed by atoms with Crippen molar-refractivity contribution in [1.82, 2.24) is 15.2 Å². The van der Waals surface area contributed by atoms with Gasteiger partial charge in [0.2, 0.25) is 0 Å². The van der Waals surface area contributed by atoms with Crippen LogP contribution in [0.5, 0.6) is 5.75 Å². The van der Waals surface area contributed by atoms with Crippen LogP contribution in [-0.4, -0.2) is 40.5 Å². The minimum absolute atomic E-state index is 0.0422. The highest BCUT2D eigenvalue weighted by molar-refractivity contribution is 5.93. The van der Waals surface area contributed by atoms with Crippen LogP contribution in [0.1, 0.15) is 22.1 Å². The molecule has 1 unspecified atom stereocenters. The summed E-state index contributed by atoms with van der Waals surface area (Å²) in [5.74, 6) is 0.183. The number of carbonyl (C=O) groups is 1. The van der Waals surface area contributed by atoms with Crippen LogP contribution < -0.4 is 5.32 Å². The first-order chi connectivity index (χ1) is 13.2. The number of piperazine rings is 1. The first-order valence-electron chi connectivity index (χ1n) is 9.04. The molecule has 5 heteroatoms. The van der Waals surface area contributed by atoms with Crippen LogP contribution in [0.3, 0.4) is 0 Å². The average molecular weight is 359 g/mol. The lowest BCUT2D eigenvalue weighted by molar-refractivity contribution is 0.0697. The van der Waals surface area contributed by atoms with E-state index < -0.39 is 0 Å². The summed E-state index contributed by atoms with van der Waals surface area (Å²) in [4.78, 5) is 19.2. The minimum atomic E-state index is -0.0574. The molecule has 1 amide bonds. The maximum Gasteiger partial charge on any atom is 0.272 e. The Morgan fingerprint density at radius 2 is 1.81 bits per heavy atom. The van der Waals surface area contributed by atoms with E-state index in [1.807, 2.05) is 59.5 Å². The maximum absolute atomic E-state index is 13.0. The molecule has 1 aromatic heterocycles. The molecule has 1 saturated heterocycles. The molecule has 2 N–H and O–H groups in total. The molecule has 1 fully saturated rings. The maximum atomic E-state index is 13.0. The fourth-order valence-electron chi connectivity index (χ4n) is 3.38. The van der Waals surface area contributed by atoms with Gasteiger partial charge in [-0.2, -0.15) is 0 Å². The smallest absolute Gasteiger partial charge is 0.272 e. The molecule has 0 radical (unpaired) electrons. The molecule has 1 atom stereocenters. The van der Waals surface area contributed by atoms with E-state index in [-0.39, 0.29) is 17.7 Å². The molecule has 5 nitrogen and oxygen atoms in total. The minimum Gasteiger partial charge on any atom is -0.508 e. The number of nitrogens with one attached hydrogen (secondary N) is 1. The number of rotatable bonds is 3. The summed E-state index contributed by atoms with van der Waals surface area (Å²) in [5.41, 5.74) is 3.56. The van der Waals surface area contributed by atoms with E-state index in [1.54, 1.807) is 18.3 Å². The molecule has 1 aliphatic heterocycles. The van der Waals surface area contributed by atoms with Gasteiger partial charge in [0.1, 0.15) is 11.4 Å². The Balaban J connectivity index is 1.53. The lowest BCUT2D eigenvalue weighted by Crippen LogP contribution is -2.48. The van der Waals surface area contributed by atoms with E-state index in [1.165, 1.54) is 0 Å². The largest absolute Gasteiger partial charge is 0.508 e. The number of aromatic hydroxyl groups is 1. The zero-order chi connectivity index (χ0) is 18.6. The standard InChI is InChI=1S/C22H21N3O2/c26-19-8-6-17(7-9-19)21-15-25(13-12-24-21)22(27)20-14-18(10-11-23-20)16-4-2-1-3-5-16/h1-11,14,21,24,26H,12-13,15H2. The van der Waals surface area contributed by atoms with Crippen molar-refractivity contribution in [3.8, 4) is 16.9 Å². The number of hydrogen-bond donors (Lipinski definition) is 2. The molecule has 0 aliphatic carbocycles. The number of nitrogens with zero attached hydrogens (tertiary/aromatic N) is 2. The second kappa shape index (κ2) is 7.60. The number of carbonyl (C=O) groups excluding carboxylic acids is 1. The monoisotopic (exact) mass is 359 g/mol. The second-order valence-corrected chi connectivity index (χ2v) is 6.65. The van der Waals surface area contributed by atoms with E-state index in [0.717, 1.165) is 23.2 Å². The van der Waals surface area contributed by atoms with Crippen molar-refractivity contribution in [2.24, 2.45) is 0 Å². The van der Waals surface area contributed by atoms with Crippen molar-refractivity contribution in [1.29, 1.82) is 0 Å². The van der Waals surface area contributed by atoms with Crippen LogP contribution in [0.4, 0.5) is 0 Å². The third kappa shape index (κ3) is 3.83. The van der Waals surface area contributed by atoms with Crippen LogP contribution in [0.15, 0.2) is 72.9 Å². The Hall–Kier alpha value is -3.18. The molecule has 27 heavy (non-hydrogen) atoms. The molecule has 4 rings (SSSR count). The molecule has 1 aliphatic rings. The first-order valence-corrected chi connectivity index (χ1v) is 9.04. The van der Waals surface area contributed by atoms with Gasteiger partial charge in [-0.3, -0.25) is 9.78 Å². The van der Waals surface area contributed by atoms with Gasteiger partial charge >= 0.3 is 0 Å². The quantitative estimate of drug-likeness (QED) is 0.753. The Kier molecular flexibility index (Phi) is 4.85. The van der Waals surface area contributed by atoms with E-state index in [0.29, 0.717) is 18.8 Å². The Morgan fingerprint density at radius 3 is 2.59 bits per heavy atom. The highest BCUT2D eigenvalue weighted by Crippen LogP contribution is 2.23. The molecular weight excluding hydrogens is 338 g/mol. The molecule has 2 aromatic carbocycles. The van der Waals surface area contributed by atoms with Crippen molar-refractivity contribution < 1.29 is 9.90 Å². The number of aromatic nitrogens is 1. The number of pyridine rings is 1. The van der Waals surface area contributed by atoms with E-state index in [4.69, 9.17) is 0 Å². The zero-order valence-corrected chi connectivity index (χ0v) is 14.9. The molecular formula is C22H21N3O2. The summed E-state index contributed by atoms with van der Waals surface area (Å²) in [7, 11) is 0. The predicted octanol–water partition coefficient (Wildman–Crippen LogP) is 3.24. The molecule has 0 bridgehead atoms. The van der Waals surface area contributed by atoms with Gasteiger partial charge in [0.15, 0.2) is 0 Å². The number of benzene rings is 2. The number of phenols is 1. The van der Waals surface area contributed by atoms with Crippen LogP contribution >= 0.6 is 0 Å². The van der Waals surface area contributed by atoms with Gasteiger partial charge in [-0.25, -0.2) is 0 Å². The predicted molar refractivity (Wildman–Crippen MR) is 104 cm³/mol. The van der Waals surface area contributed by atoms with E-state index >= 15 is 0 Å². The van der Waals surface area contributed by atoms with Gasteiger partial charge in [-0.15, -0.1) is 0 Å². The van der Waals surface area contributed by atoms with Crippen molar-refractivity contribution in [3.63, 3.8) is 0 Å². The van der Waals surface area contributed by atoms with Crippen LogP contribution in [0.25, 0.3) is 11.1 Å². The van der Waals surface area contributed by atoms with Gasteiger partial charge in [0.25, 0.3) is 5.91 Å². The number of phenolic OH excluding ortho intramolecular Hbond substituents is 1. The summed E-state index contributed by atoms with van der Waals surface area (Å²) in [6.45, 7) is 1.93. The normalized spacial score (nSPS) is 16.9. The summed E-state index contributed by atoms with van der Waals surface area (Å²) in [6, 6.07) is 20.9. The molecule has 2 heterocycles. The SMILES string of the molecule is O=C(c1cc(-c2ccccc2)ccn1)N1CCNC(c2ccc(O)cc2)C1. The Morgan fingerprint density at radius 1 is 1.04 bits per heavy atom. The van der Waals surface area contributed by atoms with Crippen molar-refractivity contribution in [2.45, 2.75) is 6.04 Å². The van der Waals surface area contributed by atoms with Gasteiger partial charge in [0.05, 0.1) is 0 Å². The molecule has 3 aromatic rings. The zero-order valence-electron chi connectivity index (χ0n) is 14.9. The molecule has 0 spiro atoms. The van der Waals surface area contributed by atoms with Crippen molar-refractivity contribution in [2.75, 3.05) is 19.6 Å². The third-order valence-electron chi connectivity index (χ3n) is 4.84. The van der Waals surface area contributed by atoms with Crippen LogP contribution in [0.2, 0.25) is 0 Å². The summed E-state index contributed by atoms with van der Waals surface area (Å²) in [6.07, 6.45) is 1.69. The summed E-state index contributed by atoms with van der Waals surface area (Å²) < 4.78 is 0. The lowest BCUT2D eigenvalue weighted by atomic mass is 10.0. The molecule has 136 valence electrons. The fraction of sp³-hybridized carbons (Fsp3) is 0.182. The summed E-state index contributed by atoms with van der Waals surface area (Å²) >= 11 is 0. The molecule has 0 saturated carbocycles. The van der Waals surface area contributed by atoms with E-state index in [9.17, 15) is 9.90 Å². The third-order valence-corrected chi connectivity index (χ3v) is 4.84. The van der Waals surface area contributed by atoms with Gasteiger partial charge in [-0.1, -0.05) is 42.5 Å². The van der Waals surface area contributed by atoms with E-state index in [2.05, 4.69) is 10.3 Å². The van der Waals surface area contributed by atoms with Crippen LogP contribution in [0, 0.1) is 0 Å². The van der Waals surface area contributed by atoms with Crippen molar-refractivity contribution >= 4 is 5.91 Å². The lowest BCUT2D eigenvalue weighted by Gasteiger charge is -2.34.